The lowest BCUT2D eigenvalue weighted by Crippen LogP contribution is -2.06. The fraction of sp³-hybridized carbons (Fsp3) is 0.200. The van der Waals surface area contributed by atoms with Crippen molar-refractivity contribution in [3.63, 3.8) is 0 Å². The summed E-state index contributed by atoms with van der Waals surface area (Å²) in [5.74, 6) is 0.335. The van der Waals surface area contributed by atoms with Crippen LogP contribution in [0, 0.1) is 25.2 Å². The van der Waals surface area contributed by atoms with E-state index in [2.05, 4.69) is 6.58 Å². The van der Waals surface area contributed by atoms with Gasteiger partial charge in [0.2, 0.25) is 5.78 Å². The molecule has 2 rings (SSSR count). The van der Waals surface area contributed by atoms with Crippen LogP contribution in [0.3, 0.4) is 0 Å². The summed E-state index contributed by atoms with van der Waals surface area (Å²) in [7, 11) is 1.56. The highest BCUT2D eigenvalue weighted by Gasteiger charge is 2.19. The van der Waals surface area contributed by atoms with E-state index in [1.54, 1.807) is 25.3 Å². The van der Waals surface area contributed by atoms with Crippen LogP contribution >= 0.6 is 0 Å². The second-order valence-corrected chi connectivity index (χ2v) is 5.42. The maximum absolute atomic E-state index is 12.8. The fourth-order valence-corrected chi connectivity index (χ4v) is 2.68. The molecule has 2 aromatic rings. The van der Waals surface area contributed by atoms with E-state index in [0.717, 1.165) is 11.4 Å². The molecule has 0 saturated carbocycles. The van der Waals surface area contributed by atoms with E-state index in [-0.39, 0.29) is 11.4 Å². The van der Waals surface area contributed by atoms with E-state index < -0.39 is 0 Å². The first kappa shape index (κ1) is 17.3. The molecule has 0 unspecified atom stereocenters. The van der Waals surface area contributed by atoms with Gasteiger partial charge in [0, 0.05) is 29.1 Å². The Bertz CT molecular complexity index is 851. The zero-order valence-electron chi connectivity index (χ0n) is 14.2. The van der Waals surface area contributed by atoms with Crippen LogP contribution in [0.1, 0.15) is 27.3 Å². The Labute approximate surface area is 142 Å². The Morgan fingerprint density at radius 3 is 2.71 bits per heavy atom. The third kappa shape index (κ3) is 3.31. The summed E-state index contributed by atoms with van der Waals surface area (Å²) in [4.78, 5) is 12.8. The van der Waals surface area contributed by atoms with E-state index in [1.807, 2.05) is 48.7 Å². The van der Waals surface area contributed by atoms with Crippen LogP contribution in [-0.2, 0) is 6.54 Å². The Morgan fingerprint density at radius 1 is 1.38 bits per heavy atom. The summed E-state index contributed by atoms with van der Waals surface area (Å²) >= 11 is 0. The summed E-state index contributed by atoms with van der Waals surface area (Å²) in [6.45, 7) is 8.17. The van der Waals surface area contributed by atoms with Gasteiger partial charge in [-0.25, -0.2) is 0 Å². The molecule has 0 aliphatic heterocycles. The van der Waals surface area contributed by atoms with Gasteiger partial charge >= 0.3 is 0 Å². The summed E-state index contributed by atoms with van der Waals surface area (Å²) in [6.07, 6.45) is 3.35. The number of nitrogens with zero attached hydrogens (tertiary/aromatic N) is 2. The summed E-state index contributed by atoms with van der Waals surface area (Å²) in [5, 5.41) is 9.45. The van der Waals surface area contributed by atoms with Crippen LogP contribution in [0.2, 0.25) is 0 Å². The number of aromatic nitrogens is 1. The predicted molar refractivity (Wildman–Crippen MR) is 95.0 cm³/mol. The molecule has 0 atom stereocenters. The van der Waals surface area contributed by atoms with Crippen molar-refractivity contribution in [2.45, 2.75) is 20.4 Å². The molecule has 0 radical (unpaired) electrons. The molecule has 4 nitrogen and oxygen atoms in total. The largest absolute Gasteiger partial charge is 0.496 e. The molecular weight excluding hydrogens is 300 g/mol. The van der Waals surface area contributed by atoms with Gasteiger partial charge in [-0.2, -0.15) is 5.26 Å². The number of benzene rings is 1. The minimum atomic E-state index is -0.285. The molecule has 1 aromatic heterocycles. The van der Waals surface area contributed by atoms with Crippen LogP contribution in [-0.4, -0.2) is 17.5 Å². The van der Waals surface area contributed by atoms with Gasteiger partial charge in [0.1, 0.15) is 17.4 Å². The normalized spacial score (nSPS) is 11.0. The first-order valence-electron chi connectivity index (χ1n) is 7.60. The highest BCUT2D eigenvalue weighted by molar-refractivity contribution is 6.14. The molecule has 0 fully saturated rings. The van der Waals surface area contributed by atoms with Crippen molar-refractivity contribution in [2.75, 3.05) is 7.11 Å². The van der Waals surface area contributed by atoms with Gasteiger partial charge in [0.05, 0.1) is 7.11 Å². The molecule has 122 valence electrons. The molecule has 0 aliphatic carbocycles. The lowest BCUT2D eigenvalue weighted by molar-refractivity contribution is 0.103. The maximum Gasteiger partial charge on any atom is 0.205 e. The lowest BCUT2D eigenvalue weighted by Gasteiger charge is -2.07. The van der Waals surface area contributed by atoms with Crippen molar-refractivity contribution < 1.29 is 9.53 Å². The number of Topliss-reactive ketones (excluding diaryl/α,β-unsaturated/α-hetero) is 1. The number of carbonyl (C=O) groups excluding carboxylic acids is 1. The number of ketones is 1. The number of aryl methyl sites for hydroxylation is 1. The molecule has 1 heterocycles. The first-order valence-corrected chi connectivity index (χ1v) is 7.60. The fourth-order valence-electron chi connectivity index (χ4n) is 2.68. The molecule has 0 aliphatic rings. The number of ether oxygens (including phenoxy) is 1. The second-order valence-electron chi connectivity index (χ2n) is 5.42. The molecule has 0 amide bonds. The summed E-state index contributed by atoms with van der Waals surface area (Å²) in [6, 6.07) is 11.1. The molecular formula is C20H20N2O2. The highest BCUT2D eigenvalue weighted by atomic mass is 16.5. The van der Waals surface area contributed by atoms with E-state index in [9.17, 15) is 10.1 Å². The first-order chi connectivity index (χ1) is 11.5. The minimum absolute atomic E-state index is 0.0818. The number of rotatable bonds is 6. The summed E-state index contributed by atoms with van der Waals surface area (Å²) in [5.41, 5.74) is 3.11. The van der Waals surface area contributed by atoms with E-state index in [1.165, 1.54) is 0 Å². The Hall–Kier alpha value is -3.06. The number of hydrogen-bond donors (Lipinski definition) is 0. The van der Waals surface area contributed by atoms with Gasteiger partial charge in [0.15, 0.2) is 0 Å². The molecule has 4 heteroatoms. The Morgan fingerprint density at radius 2 is 2.08 bits per heavy atom. The van der Waals surface area contributed by atoms with Gasteiger partial charge in [-0.05, 0) is 32.1 Å². The topological polar surface area (TPSA) is 55.0 Å². The monoisotopic (exact) mass is 320 g/mol. The van der Waals surface area contributed by atoms with Crippen LogP contribution in [0.5, 0.6) is 5.75 Å². The molecule has 0 spiro atoms. The molecule has 0 N–H and O–H groups in total. The summed E-state index contributed by atoms with van der Waals surface area (Å²) < 4.78 is 7.27. The standard InChI is InChI=1S/C20H20N2O2/c1-5-10-22-14(2)11-18(15(22)3)20(23)17(13-21)12-16-8-6-7-9-19(16)24-4/h5-9,11-12H,1,10H2,2-4H3/b17-12+. The van der Waals surface area contributed by atoms with Crippen LogP contribution < -0.4 is 4.74 Å². The number of hydrogen-bond acceptors (Lipinski definition) is 3. The predicted octanol–water partition coefficient (Wildman–Crippen LogP) is 4.09. The van der Waals surface area contributed by atoms with Gasteiger partial charge in [-0.3, -0.25) is 4.79 Å². The van der Waals surface area contributed by atoms with E-state index in [4.69, 9.17) is 4.74 Å². The van der Waals surface area contributed by atoms with Crippen molar-refractivity contribution in [1.82, 2.24) is 4.57 Å². The van der Waals surface area contributed by atoms with Crippen LogP contribution in [0.25, 0.3) is 6.08 Å². The smallest absolute Gasteiger partial charge is 0.205 e. The quantitative estimate of drug-likeness (QED) is 0.349. The average Bonchev–Trinajstić information content (AvgIpc) is 2.88. The van der Waals surface area contributed by atoms with Crippen molar-refractivity contribution in [3.05, 3.63) is 71.1 Å². The highest BCUT2D eigenvalue weighted by Crippen LogP contribution is 2.23. The van der Waals surface area contributed by atoms with Crippen molar-refractivity contribution in [2.24, 2.45) is 0 Å². The Kier molecular flexibility index (Phi) is 5.39. The molecule has 0 bridgehead atoms. The SMILES string of the molecule is C=CCn1c(C)cc(C(=O)/C(C#N)=C/c2ccccc2OC)c1C. The number of para-hydroxylation sites is 1. The van der Waals surface area contributed by atoms with Gasteiger partial charge in [-0.1, -0.05) is 24.3 Å². The number of nitriles is 1. The molecule has 1 aromatic carbocycles. The van der Waals surface area contributed by atoms with Crippen molar-refractivity contribution in [3.8, 4) is 11.8 Å². The zero-order valence-corrected chi connectivity index (χ0v) is 14.2. The van der Waals surface area contributed by atoms with E-state index >= 15 is 0 Å². The number of allylic oxidation sites excluding steroid dienone is 2. The van der Waals surface area contributed by atoms with Crippen LogP contribution in [0.4, 0.5) is 0 Å². The molecule has 24 heavy (non-hydrogen) atoms. The zero-order chi connectivity index (χ0) is 17.7. The third-order valence-corrected chi connectivity index (χ3v) is 3.93. The number of methoxy groups -OCH3 is 1. The minimum Gasteiger partial charge on any atom is -0.496 e. The maximum atomic E-state index is 12.8. The van der Waals surface area contributed by atoms with Gasteiger partial charge in [-0.15, -0.1) is 6.58 Å². The second kappa shape index (κ2) is 7.47. The van der Waals surface area contributed by atoms with Gasteiger partial charge < -0.3 is 9.30 Å². The average molecular weight is 320 g/mol. The van der Waals surface area contributed by atoms with E-state index in [0.29, 0.717) is 23.4 Å². The number of carbonyl (C=O) groups is 1. The molecule has 0 saturated heterocycles. The Balaban J connectivity index is 2.47. The third-order valence-electron chi connectivity index (χ3n) is 3.93. The van der Waals surface area contributed by atoms with Crippen molar-refractivity contribution in [1.29, 1.82) is 5.26 Å². The van der Waals surface area contributed by atoms with Crippen LogP contribution in [0.15, 0.2) is 48.6 Å². The van der Waals surface area contributed by atoms with Gasteiger partial charge in [0.25, 0.3) is 0 Å². The lowest BCUT2D eigenvalue weighted by atomic mass is 10.0. The van der Waals surface area contributed by atoms with Crippen molar-refractivity contribution >= 4 is 11.9 Å².